The van der Waals surface area contributed by atoms with Gasteiger partial charge in [-0.1, -0.05) is 6.58 Å². The second kappa shape index (κ2) is 7.61. The molecule has 2 aliphatic heterocycles. The molecule has 0 bridgehead atoms. The van der Waals surface area contributed by atoms with Crippen LogP contribution in [-0.4, -0.2) is 59.3 Å². The lowest BCUT2D eigenvalue weighted by atomic mass is 10.1. The van der Waals surface area contributed by atoms with Crippen LogP contribution in [0.1, 0.15) is 12.0 Å². The van der Waals surface area contributed by atoms with Crippen LogP contribution in [0.2, 0.25) is 0 Å². The van der Waals surface area contributed by atoms with Crippen LogP contribution in [0, 0.1) is 0 Å². The lowest BCUT2D eigenvalue weighted by Gasteiger charge is -2.32. The summed E-state index contributed by atoms with van der Waals surface area (Å²) >= 11 is 0. The fourth-order valence-corrected chi connectivity index (χ4v) is 3.60. The summed E-state index contributed by atoms with van der Waals surface area (Å²) in [6.07, 6.45) is 0.510. The van der Waals surface area contributed by atoms with Crippen molar-refractivity contribution in [2.24, 2.45) is 10.7 Å². The molecule has 1 aromatic carbocycles. The molecule has 0 spiro atoms. The first kappa shape index (κ1) is 18.5. The van der Waals surface area contributed by atoms with Crippen molar-refractivity contribution >= 4 is 18.2 Å². The zero-order chi connectivity index (χ0) is 19.7. The van der Waals surface area contributed by atoms with Crippen molar-refractivity contribution in [3.8, 4) is 5.75 Å². The van der Waals surface area contributed by atoms with Crippen LogP contribution in [0.3, 0.4) is 0 Å². The highest BCUT2D eigenvalue weighted by molar-refractivity contribution is 5.79. The molecule has 3 N–H and O–H groups in total. The van der Waals surface area contributed by atoms with E-state index in [1.807, 2.05) is 23.1 Å². The van der Waals surface area contributed by atoms with E-state index in [9.17, 15) is 9.59 Å². The standard InChI is InChI=1S/C19H23N5O4/c1-12-18(26)22-19-21-15-3-2-14(10-13(15)11-24(12)19)28-7-4-16(17(20)25)23-5-8-27-9-6-23/h2-3,10,16H,1,4-9,11H2,(H2,20,25)(H,21,22,26). The van der Waals surface area contributed by atoms with Crippen molar-refractivity contribution in [1.29, 1.82) is 0 Å². The average Bonchev–Trinajstić information content (AvgIpc) is 2.97. The minimum Gasteiger partial charge on any atom is -0.494 e. The average molecular weight is 385 g/mol. The maximum atomic E-state index is 11.8. The summed E-state index contributed by atoms with van der Waals surface area (Å²) < 4.78 is 12.9. The maximum absolute atomic E-state index is 11.8. The van der Waals surface area contributed by atoms with E-state index in [1.165, 1.54) is 0 Å². The first-order valence-electron chi connectivity index (χ1n) is 9.26. The van der Waals surface area contributed by atoms with Crippen molar-refractivity contribution in [3.05, 3.63) is 45.1 Å². The molecular formula is C19H23N5O4. The summed E-state index contributed by atoms with van der Waals surface area (Å²) in [7, 11) is 0. The molecule has 28 heavy (non-hydrogen) atoms. The number of imidazole rings is 1. The smallest absolute Gasteiger partial charge is 0.274 e. The Balaban J connectivity index is 1.43. The molecule has 9 nitrogen and oxygen atoms in total. The van der Waals surface area contributed by atoms with Crippen LogP contribution in [0.5, 0.6) is 5.75 Å². The second-order valence-corrected chi connectivity index (χ2v) is 6.92. The van der Waals surface area contributed by atoms with Crippen molar-refractivity contribution in [2.45, 2.75) is 19.0 Å². The quantitative estimate of drug-likeness (QED) is 0.556. The number of benzene rings is 1. The molecule has 1 aromatic heterocycles. The van der Waals surface area contributed by atoms with Crippen LogP contribution < -0.4 is 27.0 Å². The van der Waals surface area contributed by atoms with E-state index < -0.39 is 0 Å². The molecule has 2 aliphatic rings. The van der Waals surface area contributed by atoms with E-state index in [2.05, 4.69) is 16.6 Å². The Hall–Kier alpha value is -2.91. The van der Waals surface area contributed by atoms with Crippen molar-refractivity contribution in [2.75, 3.05) is 32.9 Å². The molecule has 2 aromatic rings. The maximum Gasteiger partial charge on any atom is 0.274 e. The number of aromatic amines is 1. The predicted molar refractivity (Wildman–Crippen MR) is 102 cm³/mol. The van der Waals surface area contributed by atoms with Crippen LogP contribution in [0.15, 0.2) is 28.0 Å². The zero-order valence-electron chi connectivity index (χ0n) is 15.5. The second-order valence-electron chi connectivity index (χ2n) is 6.92. The topological polar surface area (TPSA) is 115 Å². The molecular weight excluding hydrogens is 362 g/mol. The zero-order valence-corrected chi connectivity index (χ0v) is 15.5. The number of primary amides is 1. The Labute approximate surface area is 161 Å². The number of amides is 1. The number of aromatic nitrogens is 2. The summed E-state index contributed by atoms with van der Waals surface area (Å²) in [6, 6.07) is 5.23. The summed E-state index contributed by atoms with van der Waals surface area (Å²) in [5.74, 6) is 0.342. The van der Waals surface area contributed by atoms with Gasteiger partial charge in [-0.3, -0.25) is 19.5 Å². The van der Waals surface area contributed by atoms with Gasteiger partial charge < -0.3 is 19.8 Å². The lowest BCUT2D eigenvalue weighted by molar-refractivity contribution is -0.125. The normalized spacial score (nSPS) is 17.3. The molecule has 3 heterocycles. The third-order valence-corrected chi connectivity index (χ3v) is 5.15. The third-order valence-electron chi connectivity index (χ3n) is 5.15. The van der Waals surface area contributed by atoms with Gasteiger partial charge in [0.1, 0.15) is 11.1 Å². The van der Waals surface area contributed by atoms with Gasteiger partial charge in [0.15, 0.2) is 0 Å². The van der Waals surface area contributed by atoms with Gasteiger partial charge in [-0.05, 0) is 18.2 Å². The molecule has 1 saturated heterocycles. The number of nitrogens with two attached hydrogens (primary N) is 1. The van der Waals surface area contributed by atoms with Crippen LogP contribution in [0.4, 0.5) is 5.69 Å². The number of nitrogens with zero attached hydrogens (tertiary/aromatic N) is 3. The summed E-state index contributed by atoms with van der Waals surface area (Å²) in [5, 5.41) is 0.380. The van der Waals surface area contributed by atoms with Crippen LogP contribution in [0.25, 0.3) is 6.58 Å². The number of hydrogen-bond donors (Lipinski definition) is 2. The number of H-pyrrole nitrogens is 1. The molecule has 0 aliphatic carbocycles. The molecule has 1 unspecified atom stereocenters. The van der Waals surface area contributed by atoms with Crippen LogP contribution >= 0.6 is 0 Å². The highest BCUT2D eigenvalue weighted by Crippen LogP contribution is 2.26. The van der Waals surface area contributed by atoms with Crippen LogP contribution in [-0.2, 0) is 16.1 Å². The number of nitrogens with one attached hydrogen (secondary N) is 1. The highest BCUT2D eigenvalue weighted by Gasteiger charge is 2.25. The molecule has 0 saturated carbocycles. The molecule has 1 atom stereocenters. The van der Waals surface area contributed by atoms with E-state index >= 15 is 0 Å². The SMILES string of the molecule is C=c1c(=O)[nH]c2n1Cc1cc(OCCC(C(N)=O)N3CCOCC3)ccc1N=2. The van der Waals surface area contributed by atoms with Gasteiger partial charge in [0.25, 0.3) is 5.56 Å². The Kier molecular flexibility index (Phi) is 5.01. The number of rotatable bonds is 6. The van der Waals surface area contributed by atoms with Gasteiger partial charge in [0, 0.05) is 25.1 Å². The minimum atomic E-state index is -0.362. The fourth-order valence-electron chi connectivity index (χ4n) is 3.60. The largest absolute Gasteiger partial charge is 0.494 e. The number of carbonyl (C=O) groups excluding carboxylic acids is 1. The predicted octanol–water partition coefficient (Wildman–Crippen LogP) is -1.15. The van der Waals surface area contributed by atoms with Gasteiger partial charge in [-0.25, -0.2) is 4.99 Å². The number of fused-ring (bicyclic) bond motifs is 2. The summed E-state index contributed by atoms with van der Waals surface area (Å²) in [5.41, 5.74) is 7.58. The first-order chi connectivity index (χ1) is 13.5. The number of hydrogen-bond acceptors (Lipinski definition) is 6. The van der Waals surface area contributed by atoms with Crippen molar-refractivity contribution in [3.63, 3.8) is 0 Å². The number of morpholine rings is 1. The van der Waals surface area contributed by atoms with E-state index in [0.29, 0.717) is 62.6 Å². The van der Waals surface area contributed by atoms with Crippen molar-refractivity contribution < 1.29 is 14.3 Å². The Morgan fingerprint density at radius 1 is 1.39 bits per heavy atom. The Morgan fingerprint density at radius 2 is 2.18 bits per heavy atom. The number of ether oxygens (including phenoxy) is 2. The Bertz CT molecular complexity index is 1050. The van der Waals surface area contributed by atoms with Gasteiger partial charge >= 0.3 is 0 Å². The molecule has 9 heteroatoms. The van der Waals surface area contributed by atoms with Crippen molar-refractivity contribution in [1.82, 2.24) is 14.5 Å². The van der Waals surface area contributed by atoms with E-state index in [-0.39, 0.29) is 17.5 Å². The van der Waals surface area contributed by atoms with Gasteiger partial charge in [-0.2, -0.15) is 0 Å². The molecule has 0 radical (unpaired) electrons. The monoisotopic (exact) mass is 385 g/mol. The fraction of sp³-hybridized carbons (Fsp3) is 0.421. The molecule has 1 amide bonds. The highest BCUT2D eigenvalue weighted by atomic mass is 16.5. The van der Waals surface area contributed by atoms with E-state index in [1.54, 1.807) is 4.57 Å². The molecule has 1 fully saturated rings. The molecule has 4 rings (SSSR count). The van der Waals surface area contributed by atoms with E-state index in [4.69, 9.17) is 15.2 Å². The summed E-state index contributed by atoms with van der Waals surface area (Å²) in [6.45, 7) is 7.26. The first-order valence-corrected chi connectivity index (χ1v) is 9.26. The third kappa shape index (κ3) is 3.58. The van der Waals surface area contributed by atoms with Gasteiger partial charge in [-0.15, -0.1) is 0 Å². The van der Waals surface area contributed by atoms with Gasteiger partial charge in [0.05, 0.1) is 38.1 Å². The van der Waals surface area contributed by atoms with Gasteiger partial charge in [0.2, 0.25) is 11.5 Å². The molecule has 148 valence electrons. The Morgan fingerprint density at radius 3 is 2.93 bits per heavy atom. The summed E-state index contributed by atoms with van der Waals surface area (Å²) in [4.78, 5) is 32.8. The minimum absolute atomic E-state index is 0.233. The lowest BCUT2D eigenvalue weighted by Crippen LogP contribution is -2.50. The number of carbonyl (C=O) groups is 1. The van der Waals surface area contributed by atoms with E-state index in [0.717, 1.165) is 11.3 Å².